The van der Waals surface area contributed by atoms with E-state index in [9.17, 15) is 10.1 Å². The van der Waals surface area contributed by atoms with Crippen molar-refractivity contribution in [2.24, 2.45) is 10.9 Å². The lowest BCUT2D eigenvalue weighted by Gasteiger charge is -2.14. The summed E-state index contributed by atoms with van der Waals surface area (Å²) < 4.78 is 10.3. The topological polar surface area (TPSA) is 133 Å². The molecule has 0 aliphatic heterocycles. The van der Waals surface area contributed by atoms with Crippen molar-refractivity contribution < 1.29 is 19.6 Å². The largest absolute Gasteiger partial charge is 0.472 e. The average molecular weight is 270 g/mol. The van der Waals surface area contributed by atoms with Crippen molar-refractivity contribution in [3.8, 4) is 5.88 Å². The number of hydrogen-bond acceptors (Lipinski definition) is 7. The summed E-state index contributed by atoms with van der Waals surface area (Å²) in [6.45, 7) is 2.02. The van der Waals surface area contributed by atoms with Crippen molar-refractivity contribution in [1.29, 1.82) is 0 Å². The predicted octanol–water partition coefficient (Wildman–Crippen LogP) is 0.498. The number of amidine groups is 1. The van der Waals surface area contributed by atoms with Gasteiger partial charge in [-0.15, -0.1) is 0 Å². The second-order valence-electron chi connectivity index (χ2n) is 3.67. The standard InChI is InChI=1S/C10H14N4O5/c1-6(5-18-2)19-10-8(9(11)13-15)3-7(4-12-10)14(16)17/h3-4,6,15H,5H2,1-2H3,(H2,11,13). The van der Waals surface area contributed by atoms with Gasteiger partial charge in [0.25, 0.3) is 5.69 Å². The number of nitrogens with two attached hydrogens (primary N) is 1. The second kappa shape index (κ2) is 6.50. The van der Waals surface area contributed by atoms with Crippen molar-refractivity contribution in [1.82, 2.24) is 4.98 Å². The Balaban J connectivity index is 3.12. The van der Waals surface area contributed by atoms with Gasteiger partial charge in [0.15, 0.2) is 5.84 Å². The van der Waals surface area contributed by atoms with Crippen LogP contribution in [0.25, 0.3) is 0 Å². The minimum atomic E-state index is -0.635. The van der Waals surface area contributed by atoms with Crippen LogP contribution >= 0.6 is 0 Å². The lowest BCUT2D eigenvalue weighted by molar-refractivity contribution is -0.385. The number of pyridine rings is 1. The highest BCUT2D eigenvalue weighted by molar-refractivity contribution is 5.99. The molecule has 9 nitrogen and oxygen atoms in total. The summed E-state index contributed by atoms with van der Waals surface area (Å²) in [5.41, 5.74) is 5.20. The maximum atomic E-state index is 10.7. The lowest BCUT2D eigenvalue weighted by atomic mass is 10.2. The van der Waals surface area contributed by atoms with Crippen LogP contribution in [0.1, 0.15) is 12.5 Å². The molecule has 0 fully saturated rings. The van der Waals surface area contributed by atoms with Crippen molar-refractivity contribution >= 4 is 11.5 Å². The lowest BCUT2D eigenvalue weighted by Crippen LogP contribution is -2.22. The van der Waals surface area contributed by atoms with Crippen LogP contribution in [0.4, 0.5) is 5.69 Å². The molecule has 1 aromatic rings. The maximum absolute atomic E-state index is 10.7. The Bertz CT molecular complexity index is 491. The first-order valence-electron chi connectivity index (χ1n) is 5.27. The van der Waals surface area contributed by atoms with E-state index in [0.717, 1.165) is 12.3 Å². The van der Waals surface area contributed by atoms with Gasteiger partial charge < -0.3 is 20.4 Å². The molecule has 3 N–H and O–H groups in total. The van der Waals surface area contributed by atoms with Gasteiger partial charge in [0.1, 0.15) is 12.3 Å². The fourth-order valence-electron chi connectivity index (χ4n) is 1.33. The van der Waals surface area contributed by atoms with Crippen molar-refractivity contribution in [2.45, 2.75) is 13.0 Å². The first kappa shape index (κ1) is 14.6. The van der Waals surface area contributed by atoms with E-state index in [1.54, 1.807) is 6.92 Å². The molecule has 0 amide bonds. The number of oxime groups is 1. The zero-order chi connectivity index (χ0) is 14.4. The van der Waals surface area contributed by atoms with Gasteiger partial charge in [-0.2, -0.15) is 0 Å². The summed E-state index contributed by atoms with van der Waals surface area (Å²) in [6.07, 6.45) is 0.687. The number of hydrogen-bond donors (Lipinski definition) is 2. The van der Waals surface area contributed by atoms with Crippen LogP contribution < -0.4 is 10.5 Å². The fraction of sp³-hybridized carbons (Fsp3) is 0.400. The highest BCUT2D eigenvalue weighted by Gasteiger charge is 2.18. The van der Waals surface area contributed by atoms with E-state index < -0.39 is 4.92 Å². The number of nitrogens with zero attached hydrogens (tertiary/aromatic N) is 3. The molecule has 0 aromatic carbocycles. The zero-order valence-electron chi connectivity index (χ0n) is 10.4. The highest BCUT2D eigenvalue weighted by Crippen LogP contribution is 2.21. The third kappa shape index (κ3) is 3.78. The molecular formula is C10H14N4O5. The molecule has 1 rings (SSSR count). The van der Waals surface area contributed by atoms with Crippen molar-refractivity contribution in [3.63, 3.8) is 0 Å². The number of ether oxygens (including phenoxy) is 2. The minimum Gasteiger partial charge on any atom is -0.472 e. The molecule has 1 atom stereocenters. The second-order valence-corrected chi connectivity index (χ2v) is 3.67. The summed E-state index contributed by atoms with van der Waals surface area (Å²) in [4.78, 5) is 13.8. The van der Waals surface area contributed by atoms with Gasteiger partial charge in [0.05, 0.1) is 17.1 Å². The molecule has 9 heteroatoms. The third-order valence-corrected chi connectivity index (χ3v) is 2.15. The number of aromatic nitrogens is 1. The molecule has 0 bridgehead atoms. The molecule has 1 unspecified atom stereocenters. The molecule has 0 aliphatic rings. The zero-order valence-corrected chi connectivity index (χ0v) is 10.4. The monoisotopic (exact) mass is 270 g/mol. The molecule has 104 valence electrons. The van der Waals surface area contributed by atoms with Crippen LogP contribution in [-0.2, 0) is 4.74 Å². The van der Waals surface area contributed by atoms with E-state index in [1.165, 1.54) is 7.11 Å². The molecule has 0 spiro atoms. The minimum absolute atomic E-state index is 0.0328. The normalized spacial score (nSPS) is 13.1. The summed E-state index contributed by atoms with van der Waals surface area (Å²) in [7, 11) is 1.51. The Labute approximate surface area is 108 Å². The van der Waals surface area contributed by atoms with Crippen molar-refractivity contribution in [3.05, 3.63) is 27.9 Å². The number of nitro groups is 1. The smallest absolute Gasteiger partial charge is 0.288 e. The molecule has 0 saturated carbocycles. The summed E-state index contributed by atoms with van der Waals surface area (Å²) in [6, 6.07) is 1.12. The van der Waals surface area contributed by atoms with Gasteiger partial charge >= 0.3 is 0 Å². The van der Waals surface area contributed by atoms with Crippen molar-refractivity contribution in [2.75, 3.05) is 13.7 Å². The molecule has 1 heterocycles. The quantitative estimate of drug-likeness (QED) is 0.253. The number of rotatable bonds is 6. The molecule has 0 aliphatic carbocycles. The Morgan fingerprint density at radius 1 is 1.74 bits per heavy atom. The maximum Gasteiger partial charge on any atom is 0.288 e. The van der Waals surface area contributed by atoms with Crippen LogP contribution in [0.2, 0.25) is 0 Å². The van der Waals surface area contributed by atoms with Gasteiger partial charge in [-0.3, -0.25) is 10.1 Å². The predicted molar refractivity (Wildman–Crippen MR) is 65.4 cm³/mol. The van der Waals surface area contributed by atoms with E-state index in [0.29, 0.717) is 6.61 Å². The first-order valence-corrected chi connectivity index (χ1v) is 5.27. The Morgan fingerprint density at radius 2 is 2.42 bits per heavy atom. The molecule has 1 aromatic heterocycles. The average Bonchev–Trinajstić information content (AvgIpc) is 2.38. The molecule has 0 saturated heterocycles. The molecule has 19 heavy (non-hydrogen) atoms. The van der Waals surface area contributed by atoms with Crippen LogP contribution in [0.15, 0.2) is 17.4 Å². The van der Waals surface area contributed by atoms with Gasteiger partial charge in [-0.25, -0.2) is 4.98 Å². The van der Waals surface area contributed by atoms with Crippen LogP contribution in [0, 0.1) is 10.1 Å². The van der Waals surface area contributed by atoms with Gasteiger partial charge in [-0.05, 0) is 6.92 Å². The van der Waals surface area contributed by atoms with Crippen LogP contribution in [0.5, 0.6) is 5.88 Å². The first-order chi connectivity index (χ1) is 8.99. The fourth-order valence-corrected chi connectivity index (χ4v) is 1.33. The van der Waals surface area contributed by atoms with Gasteiger partial charge in [0.2, 0.25) is 5.88 Å². The Kier molecular flexibility index (Phi) is 5.01. The SMILES string of the molecule is COCC(C)Oc1ncc([N+](=O)[O-])cc1C(N)=NO. The highest BCUT2D eigenvalue weighted by atomic mass is 16.6. The third-order valence-electron chi connectivity index (χ3n) is 2.15. The Morgan fingerprint density at radius 3 is 2.95 bits per heavy atom. The summed E-state index contributed by atoms with van der Waals surface area (Å²) in [5.74, 6) is -0.290. The van der Waals surface area contributed by atoms with Crippen LogP contribution in [0.3, 0.4) is 0 Å². The Hall–Kier alpha value is -2.42. The summed E-state index contributed by atoms with van der Waals surface area (Å²) in [5, 5.41) is 22.1. The van der Waals surface area contributed by atoms with E-state index in [1.807, 2.05) is 0 Å². The van der Waals surface area contributed by atoms with E-state index in [-0.39, 0.29) is 29.1 Å². The van der Waals surface area contributed by atoms with E-state index in [2.05, 4.69) is 10.1 Å². The van der Waals surface area contributed by atoms with Gasteiger partial charge in [-0.1, -0.05) is 5.16 Å². The number of methoxy groups -OCH3 is 1. The van der Waals surface area contributed by atoms with E-state index in [4.69, 9.17) is 20.4 Å². The molecular weight excluding hydrogens is 256 g/mol. The summed E-state index contributed by atoms with van der Waals surface area (Å²) >= 11 is 0. The van der Waals surface area contributed by atoms with Gasteiger partial charge in [0, 0.05) is 13.2 Å². The van der Waals surface area contributed by atoms with E-state index >= 15 is 0 Å². The molecule has 0 radical (unpaired) electrons. The van der Waals surface area contributed by atoms with Crippen LogP contribution in [-0.4, -0.2) is 40.8 Å².